The van der Waals surface area contributed by atoms with Crippen molar-refractivity contribution < 1.29 is 0 Å². The lowest BCUT2D eigenvalue weighted by molar-refractivity contribution is 0.444. The minimum absolute atomic E-state index is 1.42. The number of hydrogen-bond acceptors (Lipinski definition) is 4. The minimum atomic E-state index is 1.42. The molecule has 1 rings (SSSR count). The quantitative estimate of drug-likeness (QED) is 0.406. The monoisotopic (exact) mass is 112 g/mol. The largest absolute Gasteiger partial charge is 0.291 e. The van der Waals surface area contributed by atoms with Crippen LogP contribution in [0.5, 0.6) is 0 Å². The molecule has 1 aliphatic rings. The Morgan fingerprint density at radius 2 is 1.00 bits per heavy atom. The van der Waals surface area contributed by atoms with Crippen LogP contribution in [0.2, 0.25) is 0 Å². The first-order valence-electron chi connectivity index (χ1n) is 2.22. The molecule has 1 aliphatic heterocycles. The van der Waals surface area contributed by atoms with E-state index in [2.05, 4.69) is 0 Å². The summed E-state index contributed by atoms with van der Waals surface area (Å²) in [6.07, 6.45) is 6.61. The number of hydrazine groups is 2. The number of nitrogens with two attached hydrogens (primary N) is 2. The molecule has 0 fully saturated rings. The molecule has 0 saturated carbocycles. The van der Waals surface area contributed by atoms with E-state index in [0.29, 0.717) is 0 Å². The fourth-order valence-electron chi connectivity index (χ4n) is 0.407. The van der Waals surface area contributed by atoms with Gasteiger partial charge < -0.3 is 0 Å². The van der Waals surface area contributed by atoms with Gasteiger partial charge in [0.15, 0.2) is 0 Å². The molecule has 44 valence electrons. The van der Waals surface area contributed by atoms with Crippen LogP contribution in [0.25, 0.3) is 0 Å². The normalized spacial score (nSPS) is 17.8. The molecule has 4 nitrogen and oxygen atoms in total. The van der Waals surface area contributed by atoms with Crippen LogP contribution >= 0.6 is 0 Å². The zero-order valence-electron chi connectivity index (χ0n) is 4.36. The van der Waals surface area contributed by atoms with Gasteiger partial charge in [0, 0.05) is 24.8 Å². The van der Waals surface area contributed by atoms with Crippen molar-refractivity contribution in [3.05, 3.63) is 24.8 Å². The predicted molar refractivity (Wildman–Crippen MR) is 30.3 cm³/mol. The Labute approximate surface area is 47.6 Å². The van der Waals surface area contributed by atoms with Crippen molar-refractivity contribution in [2.45, 2.75) is 0 Å². The molecule has 0 bridgehead atoms. The molecule has 8 heavy (non-hydrogen) atoms. The Balaban J connectivity index is 2.54. The number of rotatable bonds is 0. The summed E-state index contributed by atoms with van der Waals surface area (Å²) in [7, 11) is 0. The summed E-state index contributed by atoms with van der Waals surface area (Å²) in [5.41, 5.74) is 0. The molecule has 0 amide bonds. The van der Waals surface area contributed by atoms with E-state index in [1.54, 1.807) is 24.8 Å². The van der Waals surface area contributed by atoms with E-state index in [-0.39, 0.29) is 0 Å². The zero-order chi connectivity index (χ0) is 5.98. The summed E-state index contributed by atoms with van der Waals surface area (Å²) in [4.78, 5) is 0. The summed E-state index contributed by atoms with van der Waals surface area (Å²) < 4.78 is 0. The third-order valence-electron chi connectivity index (χ3n) is 0.822. The van der Waals surface area contributed by atoms with Crippen molar-refractivity contribution in [2.75, 3.05) is 0 Å². The van der Waals surface area contributed by atoms with Gasteiger partial charge >= 0.3 is 0 Å². The van der Waals surface area contributed by atoms with Crippen LogP contribution in [0.1, 0.15) is 0 Å². The summed E-state index contributed by atoms with van der Waals surface area (Å²) in [5.74, 6) is 10.5. The SMILES string of the molecule is NN1C=CN(N)C=C1. The third kappa shape index (κ3) is 0.988. The van der Waals surface area contributed by atoms with Crippen molar-refractivity contribution >= 4 is 0 Å². The molecule has 0 radical (unpaired) electrons. The van der Waals surface area contributed by atoms with Gasteiger partial charge in [0.25, 0.3) is 0 Å². The molecule has 0 saturated heterocycles. The topological polar surface area (TPSA) is 58.5 Å². The van der Waals surface area contributed by atoms with Crippen molar-refractivity contribution in [2.24, 2.45) is 11.7 Å². The Hall–Kier alpha value is -1.00. The maximum atomic E-state index is 5.27. The van der Waals surface area contributed by atoms with Crippen molar-refractivity contribution in [1.29, 1.82) is 0 Å². The average Bonchev–Trinajstić information content (AvgIpc) is 1.77. The molecular formula is C4H8N4. The van der Waals surface area contributed by atoms with Crippen LogP contribution < -0.4 is 11.7 Å². The molecule has 0 atom stereocenters. The maximum absolute atomic E-state index is 5.27. The highest BCUT2D eigenvalue weighted by Crippen LogP contribution is 1.92. The zero-order valence-corrected chi connectivity index (χ0v) is 4.36. The molecule has 4 N–H and O–H groups in total. The minimum Gasteiger partial charge on any atom is -0.291 e. The van der Waals surface area contributed by atoms with E-state index in [1.165, 1.54) is 10.0 Å². The highest BCUT2D eigenvalue weighted by atomic mass is 15.4. The van der Waals surface area contributed by atoms with Gasteiger partial charge in [-0.1, -0.05) is 0 Å². The molecule has 4 heteroatoms. The van der Waals surface area contributed by atoms with Gasteiger partial charge in [0.2, 0.25) is 0 Å². The van der Waals surface area contributed by atoms with Crippen LogP contribution in [0.3, 0.4) is 0 Å². The van der Waals surface area contributed by atoms with Crippen LogP contribution in [-0.2, 0) is 0 Å². The molecule has 0 aromatic carbocycles. The van der Waals surface area contributed by atoms with Gasteiger partial charge in [-0.2, -0.15) is 0 Å². The van der Waals surface area contributed by atoms with E-state index in [1.807, 2.05) is 0 Å². The second-order valence-corrected chi connectivity index (χ2v) is 1.49. The Kier molecular flexibility index (Phi) is 1.19. The molecule has 0 aromatic heterocycles. The van der Waals surface area contributed by atoms with Gasteiger partial charge in [-0.3, -0.25) is 10.0 Å². The fraction of sp³-hybridized carbons (Fsp3) is 0. The van der Waals surface area contributed by atoms with Gasteiger partial charge in [0.1, 0.15) is 0 Å². The molecule has 1 heterocycles. The first-order chi connectivity index (χ1) is 3.79. The summed E-state index contributed by atoms with van der Waals surface area (Å²) in [6, 6.07) is 0. The summed E-state index contributed by atoms with van der Waals surface area (Å²) in [5, 5.41) is 2.84. The van der Waals surface area contributed by atoms with E-state index in [4.69, 9.17) is 11.7 Å². The molecule has 0 spiro atoms. The first kappa shape index (κ1) is 5.14. The Morgan fingerprint density at radius 1 is 0.750 bits per heavy atom. The van der Waals surface area contributed by atoms with E-state index < -0.39 is 0 Å². The molecule has 0 aliphatic carbocycles. The lowest BCUT2D eigenvalue weighted by Gasteiger charge is -2.16. The van der Waals surface area contributed by atoms with Gasteiger partial charge in [0.05, 0.1) is 0 Å². The Morgan fingerprint density at radius 3 is 1.25 bits per heavy atom. The van der Waals surface area contributed by atoms with Gasteiger partial charge in [-0.05, 0) is 0 Å². The smallest absolute Gasteiger partial charge is 0.0385 e. The summed E-state index contributed by atoms with van der Waals surface area (Å²) >= 11 is 0. The molecule has 0 unspecified atom stereocenters. The number of nitrogens with zero attached hydrogens (tertiary/aromatic N) is 2. The second-order valence-electron chi connectivity index (χ2n) is 1.49. The summed E-state index contributed by atoms with van der Waals surface area (Å²) in [6.45, 7) is 0. The van der Waals surface area contributed by atoms with Gasteiger partial charge in [-0.15, -0.1) is 0 Å². The maximum Gasteiger partial charge on any atom is 0.0385 e. The highest BCUT2D eigenvalue weighted by Gasteiger charge is 1.91. The van der Waals surface area contributed by atoms with Crippen LogP contribution in [0.15, 0.2) is 24.8 Å². The second kappa shape index (κ2) is 1.85. The predicted octanol–water partition coefficient (Wildman–Crippen LogP) is -0.706. The third-order valence-corrected chi connectivity index (χ3v) is 0.822. The average molecular weight is 112 g/mol. The van der Waals surface area contributed by atoms with Crippen molar-refractivity contribution in [3.8, 4) is 0 Å². The molecular weight excluding hydrogens is 104 g/mol. The highest BCUT2D eigenvalue weighted by molar-refractivity contribution is 4.95. The fourth-order valence-corrected chi connectivity index (χ4v) is 0.407. The lowest BCUT2D eigenvalue weighted by atomic mass is 10.7. The van der Waals surface area contributed by atoms with Gasteiger partial charge in [-0.25, -0.2) is 11.7 Å². The van der Waals surface area contributed by atoms with Crippen molar-refractivity contribution in [3.63, 3.8) is 0 Å². The standard InChI is InChI=1S/C4H8N4/c5-7-1-2-8(6)4-3-7/h1-4H,5-6H2. The first-order valence-corrected chi connectivity index (χ1v) is 2.22. The van der Waals surface area contributed by atoms with Crippen LogP contribution in [0.4, 0.5) is 0 Å². The van der Waals surface area contributed by atoms with Crippen LogP contribution in [0, 0.1) is 0 Å². The van der Waals surface area contributed by atoms with Crippen LogP contribution in [-0.4, -0.2) is 10.0 Å². The van der Waals surface area contributed by atoms with E-state index in [0.717, 1.165) is 0 Å². The molecule has 0 aromatic rings. The lowest BCUT2D eigenvalue weighted by Crippen LogP contribution is -2.27. The van der Waals surface area contributed by atoms with E-state index >= 15 is 0 Å². The Bertz CT molecular complexity index is 100. The van der Waals surface area contributed by atoms with E-state index in [9.17, 15) is 0 Å². The number of hydrogen-bond donors (Lipinski definition) is 2. The van der Waals surface area contributed by atoms with Crippen molar-refractivity contribution in [1.82, 2.24) is 10.0 Å².